The highest BCUT2D eigenvalue weighted by molar-refractivity contribution is 5.25. The lowest BCUT2D eigenvalue weighted by molar-refractivity contribution is 0.120. The van der Waals surface area contributed by atoms with Crippen LogP contribution in [-0.4, -0.2) is 50.2 Å². The molecule has 1 N–H and O–H groups in total. The molecule has 0 saturated carbocycles. The molecule has 0 spiro atoms. The van der Waals surface area contributed by atoms with Gasteiger partial charge >= 0.3 is 0 Å². The molecule has 0 aliphatic carbocycles. The maximum Gasteiger partial charge on any atom is 0.222 e. The zero-order chi connectivity index (χ0) is 16.2. The van der Waals surface area contributed by atoms with Gasteiger partial charge in [0.25, 0.3) is 0 Å². The first-order valence-electron chi connectivity index (χ1n) is 8.74. The Kier molecular flexibility index (Phi) is 4.71. The first kappa shape index (κ1) is 15.5. The molecule has 128 valence electrons. The van der Waals surface area contributed by atoms with E-state index in [1.54, 1.807) is 0 Å². The van der Waals surface area contributed by atoms with E-state index < -0.39 is 0 Å². The maximum absolute atomic E-state index is 5.60. The van der Waals surface area contributed by atoms with Crippen molar-refractivity contribution in [2.45, 2.75) is 45.0 Å². The monoisotopic (exact) mass is 328 g/mol. The van der Waals surface area contributed by atoms with Crippen molar-refractivity contribution in [3.63, 3.8) is 0 Å². The summed E-state index contributed by atoms with van der Waals surface area (Å²) >= 11 is 0. The van der Waals surface area contributed by atoms with E-state index in [1.807, 2.05) is 24.9 Å². The quantitative estimate of drug-likeness (QED) is 0.900. The SMILES string of the molecule is c1nc(NCC2CCCO2)ncc1CN1CCCn2cncc2C1. The normalized spacial score (nSPS) is 21.4. The number of aromatic nitrogens is 4. The maximum atomic E-state index is 5.60. The largest absolute Gasteiger partial charge is 0.376 e. The number of fused-ring (bicyclic) bond motifs is 1. The summed E-state index contributed by atoms with van der Waals surface area (Å²) in [4.78, 5) is 15.6. The molecule has 7 nitrogen and oxygen atoms in total. The van der Waals surface area contributed by atoms with E-state index >= 15 is 0 Å². The molecule has 24 heavy (non-hydrogen) atoms. The van der Waals surface area contributed by atoms with Crippen LogP contribution in [0.5, 0.6) is 0 Å². The van der Waals surface area contributed by atoms with Crippen LogP contribution in [-0.2, 0) is 24.4 Å². The van der Waals surface area contributed by atoms with Gasteiger partial charge in [-0.05, 0) is 19.3 Å². The molecule has 1 unspecified atom stereocenters. The molecule has 2 aromatic heterocycles. The minimum Gasteiger partial charge on any atom is -0.376 e. The van der Waals surface area contributed by atoms with Crippen LogP contribution in [0.1, 0.15) is 30.5 Å². The Balaban J connectivity index is 1.31. The number of rotatable bonds is 5. The Labute approximate surface area is 142 Å². The van der Waals surface area contributed by atoms with Gasteiger partial charge in [0.15, 0.2) is 0 Å². The lowest BCUT2D eigenvalue weighted by atomic mass is 10.2. The minimum absolute atomic E-state index is 0.301. The Bertz CT molecular complexity index is 649. The Morgan fingerprint density at radius 3 is 2.92 bits per heavy atom. The third-order valence-corrected chi connectivity index (χ3v) is 4.68. The van der Waals surface area contributed by atoms with Crippen LogP contribution in [0, 0.1) is 0 Å². The van der Waals surface area contributed by atoms with Gasteiger partial charge in [-0.3, -0.25) is 4.90 Å². The smallest absolute Gasteiger partial charge is 0.222 e. The van der Waals surface area contributed by atoms with Crippen molar-refractivity contribution >= 4 is 5.95 Å². The van der Waals surface area contributed by atoms with Gasteiger partial charge in [0.2, 0.25) is 5.95 Å². The Morgan fingerprint density at radius 2 is 2.08 bits per heavy atom. The third-order valence-electron chi connectivity index (χ3n) is 4.68. The number of nitrogens with zero attached hydrogens (tertiary/aromatic N) is 5. The van der Waals surface area contributed by atoms with Gasteiger partial charge in [-0.25, -0.2) is 15.0 Å². The van der Waals surface area contributed by atoms with Crippen LogP contribution in [0.25, 0.3) is 0 Å². The van der Waals surface area contributed by atoms with Crippen molar-refractivity contribution in [1.82, 2.24) is 24.4 Å². The van der Waals surface area contributed by atoms with Gasteiger partial charge in [0.05, 0.1) is 18.1 Å². The highest BCUT2D eigenvalue weighted by Gasteiger charge is 2.16. The summed E-state index contributed by atoms with van der Waals surface area (Å²) in [5.41, 5.74) is 2.42. The second-order valence-corrected chi connectivity index (χ2v) is 6.57. The first-order valence-corrected chi connectivity index (χ1v) is 8.74. The zero-order valence-corrected chi connectivity index (χ0v) is 13.9. The average Bonchev–Trinajstić information content (AvgIpc) is 3.23. The van der Waals surface area contributed by atoms with Crippen molar-refractivity contribution in [3.05, 3.63) is 36.2 Å². The molecule has 7 heteroatoms. The number of nitrogens with one attached hydrogen (secondary N) is 1. The van der Waals surface area contributed by atoms with Crippen molar-refractivity contribution in [1.29, 1.82) is 0 Å². The van der Waals surface area contributed by atoms with Gasteiger partial charge in [0, 0.05) is 63.5 Å². The van der Waals surface area contributed by atoms with Crippen LogP contribution in [0.3, 0.4) is 0 Å². The van der Waals surface area contributed by atoms with Crippen LogP contribution in [0.15, 0.2) is 24.9 Å². The van der Waals surface area contributed by atoms with Crippen LogP contribution in [0.4, 0.5) is 5.95 Å². The molecular formula is C17H24N6O. The summed E-state index contributed by atoms with van der Waals surface area (Å²) in [6.07, 6.45) is 11.5. The molecule has 4 rings (SSSR count). The summed E-state index contributed by atoms with van der Waals surface area (Å²) in [5.74, 6) is 0.684. The average molecular weight is 328 g/mol. The summed E-state index contributed by atoms with van der Waals surface area (Å²) in [7, 11) is 0. The molecule has 0 aromatic carbocycles. The number of hydrogen-bond donors (Lipinski definition) is 1. The van der Waals surface area contributed by atoms with E-state index in [4.69, 9.17) is 4.74 Å². The summed E-state index contributed by atoms with van der Waals surface area (Å²) < 4.78 is 7.85. The molecule has 0 bridgehead atoms. The van der Waals surface area contributed by atoms with E-state index in [-0.39, 0.29) is 0 Å². The van der Waals surface area contributed by atoms with E-state index in [0.717, 1.165) is 64.2 Å². The highest BCUT2D eigenvalue weighted by atomic mass is 16.5. The van der Waals surface area contributed by atoms with E-state index in [1.165, 1.54) is 5.69 Å². The molecule has 1 saturated heterocycles. The standard InChI is InChI=1S/C17H24N6O/c1-3-16(24-6-1)10-21-17-19-7-14(8-20-17)11-22-4-2-5-23-13-18-9-15(23)12-22/h7-9,13,16H,1-6,10-12H2,(H,19,20,21). The summed E-state index contributed by atoms with van der Waals surface area (Å²) in [5, 5.41) is 3.26. The fraction of sp³-hybridized carbons (Fsp3) is 0.588. The van der Waals surface area contributed by atoms with Gasteiger partial charge < -0.3 is 14.6 Å². The fourth-order valence-corrected chi connectivity index (χ4v) is 3.39. The number of ether oxygens (including phenoxy) is 1. The van der Waals surface area contributed by atoms with E-state index in [9.17, 15) is 0 Å². The van der Waals surface area contributed by atoms with Crippen LogP contribution >= 0.6 is 0 Å². The fourth-order valence-electron chi connectivity index (χ4n) is 3.39. The van der Waals surface area contributed by atoms with Crippen molar-refractivity contribution in [2.75, 3.05) is 25.0 Å². The Morgan fingerprint density at radius 1 is 1.17 bits per heavy atom. The molecule has 2 aliphatic rings. The number of anilines is 1. The van der Waals surface area contributed by atoms with Gasteiger partial charge in [-0.2, -0.15) is 0 Å². The lowest BCUT2D eigenvalue weighted by Crippen LogP contribution is -2.23. The van der Waals surface area contributed by atoms with Crippen molar-refractivity contribution in [2.24, 2.45) is 0 Å². The molecule has 2 aromatic rings. The van der Waals surface area contributed by atoms with E-state index in [0.29, 0.717) is 12.1 Å². The molecule has 1 fully saturated rings. The van der Waals surface area contributed by atoms with Crippen molar-refractivity contribution < 1.29 is 4.74 Å². The predicted molar refractivity (Wildman–Crippen MR) is 90.5 cm³/mol. The molecule has 0 amide bonds. The second kappa shape index (κ2) is 7.27. The molecule has 4 heterocycles. The summed E-state index contributed by atoms with van der Waals surface area (Å²) in [6, 6.07) is 0. The first-order chi connectivity index (χ1) is 11.9. The Hall–Kier alpha value is -1.99. The number of hydrogen-bond acceptors (Lipinski definition) is 6. The number of imidazole rings is 1. The zero-order valence-electron chi connectivity index (χ0n) is 13.9. The van der Waals surface area contributed by atoms with Crippen LogP contribution in [0.2, 0.25) is 0 Å². The highest BCUT2D eigenvalue weighted by Crippen LogP contribution is 2.15. The van der Waals surface area contributed by atoms with Gasteiger partial charge in [0.1, 0.15) is 0 Å². The third kappa shape index (κ3) is 3.73. The molecule has 2 aliphatic heterocycles. The van der Waals surface area contributed by atoms with Gasteiger partial charge in [-0.15, -0.1) is 0 Å². The molecular weight excluding hydrogens is 304 g/mol. The van der Waals surface area contributed by atoms with Crippen LogP contribution < -0.4 is 5.32 Å². The van der Waals surface area contributed by atoms with Gasteiger partial charge in [-0.1, -0.05) is 0 Å². The van der Waals surface area contributed by atoms with E-state index in [2.05, 4.69) is 29.7 Å². The lowest BCUT2D eigenvalue weighted by Gasteiger charge is -2.19. The molecule has 0 radical (unpaired) electrons. The summed E-state index contributed by atoms with van der Waals surface area (Å²) in [6.45, 7) is 5.60. The van der Waals surface area contributed by atoms with Crippen molar-refractivity contribution in [3.8, 4) is 0 Å². The topological polar surface area (TPSA) is 68.1 Å². The number of aryl methyl sites for hydroxylation is 1. The second-order valence-electron chi connectivity index (χ2n) is 6.57. The minimum atomic E-state index is 0.301. The molecule has 1 atom stereocenters. The predicted octanol–water partition coefficient (Wildman–Crippen LogP) is 1.67.